The standard InChI is InChI=1S/C15H20N2O4.ClH/c16-9-15(3-5-19-6-4-15)14(18)17-8-11-1-2-12-13(7-11)21-10-20-12;/h1-2,7H,3-6,8-10,16H2,(H,17,18);1H. The number of rotatable bonds is 4. The number of carbonyl (C=O) groups excluding carboxylic acids is 1. The number of nitrogens with two attached hydrogens (primary N) is 1. The van der Waals surface area contributed by atoms with Gasteiger partial charge in [-0.1, -0.05) is 6.07 Å². The molecule has 0 saturated carbocycles. The molecule has 0 radical (unpaired) electrons. The van der Waals surface area contributed by atoms with E-state index in [0.717, 1.165) is 17.1 Å². The molecule has 0 atom stereocenters. The minimum Gasteiger partial charge on any atom is -0.454 e. The van der Waals surface area contributed by atoms with Gasteiger partial charge in [0, 0.05) is 26.3 Å². The first-order valence-corrected chi connectivity index (χ1v) is 7.18. The summed E-state index contributed by atoms with van der Waals surface area (Å²) in [7, 11) is 0. The number of carbonyl (C=O) groups is 1. The van der Waals surface area contributed by atoms with Gasteiger partial charge in [-0.2, -0.15) is 0 Å². The summed E-state index contributed by atoms with van der Waals surface area (Å²) in [5.41, 5.74) is 6.32. The van der Waals surface area contributed by atoms with Crippen LogP contribution in [-0.4, -0.2) is 32.5 Å². The second kappa shape index (κ2) is 7.17. The van der Waals surface area contributed by atoms with Crippen LogP contribution < -0.4 is 20.5 Å². The minimum atomic E-state index is -0.491. The quantitative estimate of drug-likeness (QED) is 0.868. The van der Waals surface area contributed by atoms with E-state index in [9.17, 15) is 4.79 Å². The summed E-state index contributed by atoms with van der Waals surface area (Å²) in [4.78, 5) is 12.5. The normalized spacial score (nSPS) is 18.4. The Bertz CT molecular complexity index is 532. The molecule has 0 unspecified atom stereocenters. The van der Waals surface area contributed by atoms with Crippen LogP contribution in [0.15, 0.2) is 18.2 Å². The van der Waals surface area contributed by atoms with Crippen LogP contribution in [0.4, 0.5) is 0 Å². The SMILES string of the molecule is Cl.NCC1(C(=O)NCc2ccc3c(c2)OCO3)CCOCC1. The maximum absolute atomic E-state index is 12.5. The zero-order valence-electron chi connectivity index (χ0n) is 12.3. The highest BCUT2D eigenvalue weighted by Gasteiger charge is 2.38. The number of benzene rings is 1. The fourth-order valence-corrected chi connectivity index (χ4v) is 2.71. The third-order valence-corrected chi connectivity index (χ3v) is 4.21. The minimum absolute atomic E-state index is 0. The Hall–Kier alpha value is -1.50. The molecule has 22 heavy (non-hydrogen) atoms. The first-order chi connectivity index (χ1) is 10.2. The maximum atomic E-state index is 12.5. The molecule has 0 aromatic heterocycles. The molecule has 7 heteroatoms. The van der Waals surface area contributed by atoms with Crippen molar-refractivity contribution in [2.24, 2.45) is 11.1 Å². The van der Waals surface area contributed by atoms with Crippen LogP contribution in [0.3, 0.4) is 0 Å². The Morgan fingerprint density at radius 3 is 2.68 bits per heavy atom. The Balaban J connectivity index is 0.00000176. The molecule has 122 valence electrons. The monoisotopic (exact) mass is 328 g/mol. The van der Waals surface area contributed by atoms with Crippen molar-refractivity contribution in [1.29, 1.82) is 0 Å². The molecule has 6 nitrogen and oxygen atoms in total. The van der Waals surface area contributed by atoms with Crippen LogP contribution in [0, 0.1) is 5.41 Å². The van der Waals surface area contributed by atoms with Gasteiger partial charge in [0.05, 0.1) is 5.41 Å². The summed E-state index contributed by atoms with van der Waals surface area (Å²) in [5.74, 6) is 1.47. The number of hydrogen-bond acceptors (Lipinski definition) is 5. The molecule has 2 heterocycles. The molecule has 2 aliphatic heterocycles. The van der Waals surface area contributed by atoms with Crippen LogP contribution in [0.2, 0.25) is 0 Å². The summed E-state index contributed by atoms with van der Waals surface area (Å²) >= 11 is 0. The van der Waals surface area contributed by atoms with Crippen molar-refractivity contribution in [2.75, 3.05) is 26.6 Å². The van der Waals surface area contributed by atoms with Crippen molar-refractivity contribution in [3.05, 3.63) is 23.8 Å². The highest BCUT2D eigenvalue weighted by Crippen LogP contribution is 2.33. The van der Waals surface area contributed by atoms with Gasteiger partial charge < -0.3 is 25.3 Å². The van der Waals surface area contributed by atoms with Crippen LogP contribution in [0.5, 0.6) is 11.5 Å². The number of halogens is 1. The highest BCUT2D eigenvalue weighted by atomic mass is 35.5. The van der Waals surface area contributed by atoms with Crippen LogP contribution >= 0.6 is 12.4 Å². The van der Waals surface area contributed by atoms with E-state index >= 15 is 0 Å². The van der Waals surface area contributed by atoms with E-state index < -0.39 is 5.41 Å². The fraction of sp³-hybridized carbons (Fsp3) is 0.533. The Kier molecular flexibility index (Phi) is 5.50. The number of fused-ring (bicyclic) bond motifs is 1. The van der Waals surface area contributed by atoms with Gasteiger partial charge in [0.2, 0.25) is 12.7 Å². The molecule has 1 saturated heterocycles. The number of ether oxygens (including phenoxy) is 3. The van der Waals surface area contributed by atoms with Crippen LogP contribution in [0.25, 0.3) is 0 Å². The van der Waals surface area contributed by atoms with E-state index in [1.165, 1.54) is 0 Å². The maximum Gasteiger partial charge on any atom is 0.231 e. The largest absolute Gasteiger partial charge is 0.454 e. The van der Waals surface area contributed by atoms with Crippen molar-refractivity contribution in [3.8, 4) is 11.5 Å². The zero-order valence-corrected chi connectivity index (χ0v) is 13.1. The average molecular weight is 329 g/mol. The molecular weight excluding hydrogens is 308 g/mol. The predicted octanol–water partition coefficient (Wildman–Crippen LogP) is 1.21. The average Bonchev–Trinajstić information content (AvgIpc) is 3.00. The van der Waals surface area contributed by atoms with Crippen molar-refractivity contribution in [3.63, 3.8) is 0 Å². The smallest absolute Gasteiger partial charge is 0.231 e. The Morgan fingerprint density at radius 1 is 1.23 bits per heavy atom. The van der Waals surface area contributed by atoms with Crippen molar-refractivity contribution < 1.29 is 19.0 Å². The van der Waals surface area contributed by atoms with Crippen LogP contribution in [-0.2, 0) is 16.1 Å². The molecule has 1 amide bonds. The predicted molar refractivity (Wildman–Crippen MR) is 83.2 cm³/mol. The molecule has 1 aromatic rings. The van der Waals surface area contributed by atoms with Crippen LogP contribution in [0.1, 0.15) is 18.4 Å². The van der Waals surface area contributed by atoms with Gasteiger partial charge in [-0.15, -0.1) is 12.4 Å². The van der Waals surface area contributed by atoms with Crippen molar-refractivity contribution in [1.82, 2.24) is 5.32 Å². The molecule has 0 aliphatic carbocycles. The molecule has 0 spiro atoms. The van der Waals surface area contributed by atoms with Gasteiger partial charge in [0.25, 0.3) is 0 Å². The summed E-state index contributed by atoms with van der Waals surface area (Å²) in [5, 5.41) is 2.98. The topological polar surface area (TPSA) is 82.8 Å². The number of hydrogen-bond donors (Lipinski definition) is 2. The van der Waals surface area contributed by atoms with Gasteiger partial charge in [0.15, 0.2) is 11.5 Å². The first kappa shape index (κ1) is 16.9. The molecule has 0 bridgehead atoms. The molecule has 1 aromatic carbocycles. The number of nitrogens with one attached hydrogen (secondary N) is 1. The van der Waals surface area contributed by atoms with Gasteiger partial charge >= 0.3 is 0 Å². The molecule has 3 rings (SSSR count). The van der Waals surface area contributed by atoms with E-state index in [-0.39, 0.29) is 25.1 Å². The second-order valence-electron chi connectivity index (χ2n) is 5.47. The molecule has 1 fully saturated rings. The lowest BCUT2D eigenvalue weighted by Crippen LogP contribution is -2.48. The summed E-state index contributed by atoms with van der Waals surface area (Å²) in [6, 6.07) is 5.67. The highest BCUT2D eigenvalue weighted by molar-refractivity contribution is 5.85. The second-order valence-corrected chi connectivity index (χ2v) is 5.47. The number of amides is 1. The Labute approximate surface area is 135 Å². The van der Waals surface area contributed by atoms with Crippen molar-refractivity contribution >= 4 is 18.3 Å². The summed E-state index contributed by atoms with van der Waals surface area (Å²) < 4.78 is 15.9. The van der Waals surface area contributed by atoms with E-state index in [2.05, 4.69) is 5.32 Å². The lowest BCUT2D eigenvalue weighted by atomic mass is 9.79. The molecular formula is C15H21ClN2O4. The molecule has 3 N–H and O–H groups in total. The van der Waals surface area contributed by atoms with Gasteiger partial charge in [-0.25, -0.2) is 0 Å². The lowest BCUT2D eigenvalue weighted by molar-refractivity contribution is -0.136. The van der Waals surface area contributed by atoms with Gasteiger partial charge in [0.1, 0.15) is 0 Å². The van der Waals surface area contributed by atoms with Gasteiger partial charge in [-0.3, -0.25) is 4.79 Å². The van der Waals surface area contributed by atoms with E-state index in [0.29, 0.717) is 39.1 Å². The third-order valence-electron chi connectivity index (χ3n) is 4.21. The molecule has 2 aliphatic rings. The van der Waals surface area contributed by atoms with E-state index in [1.807, 2.05) is 18.2 Å². The fourth-order valence-electron chi connectivity index (χ4n) is 2.71. The summed E-state index contributed by atoms with van der Waals surface area (Å²) in [6.07, 6.45) is 1.35. The van der Waals surface area contributed by atoms with Crippen molar-refractivity contribution in [2.45, 2.75) is 19.4 Å². The third kappa shape index (κ3) is 3.29. The van der Waals surface area contributed by atoms with E-state index in [4.69, 9.17) is 19.9 Å². The van der Waals surface area contributed by atoms with Gasteiger partial charge in [-0.05, 0) is 30.5 Å². The lowest BCUT2D eigenvalue weighted by Gasteiger charge is -2.34. The Morgan fingerprint density at radius 2 is 1.95 bits per heavy atom. The first-order valence-electron chi connectivity index (χ1n) is 7.18. The summed E-state index contributed by atoms with van der Waals surface area (Å²) in [6.45, 7) is 2.24. The zero-order chi connectivity index (χ0) is 14.7. The van der Waals surface area contributed by atoms with E-state index in [1.54, 1.807) is 0 Å².